The molecular formula is C25H28F2N4O2. The molecule has 1 saturated carbocycles. The largest absolute Gasteiger partial charge is 0.367 e. The molecule has 2 aromatic rings. The maximum atomic E-state index is 14.8. The van der Waals surface area contributed by atoms with Gasteiger partial charge >= 0.3 is 0 Å². The number of rotatable bonds is 5. The molecule has 2 amide bonds. The van der Waals surface area contributed by atoms with Crippen molar-refractivity contribution in [1.82, 2.24) is 10.3 Å². The molecule has 174 valence electrons. The Morgan fingerprint density at radius 1 is 1.00 bits per heavy atom. The zero-order valence-corrected chi connectivity index (χ0v) is 18.4. The number of piperidine rings is 1. The number of halogens is 2. The van der Waals surface area contributed by atoms with Gasteiger partial charge in [-0.05, 0) is 55.0 Å². The molecule has 1 aromatic heterocycles. The van der Waals surface area contributed by atoms with Crippen LogP contribution in [0.4, 0.5) is 20.3 Å². The van der Waals surface area contributed by atoms with E-state index < -0.39 is 29.4 Å². The third-order valence-corrected chi connectivity index (χ3v) is 7.11. The van der Waals surface area contributed by atoms with E-state index in [9.17, 15) is 18.4 Å². The van der Waals surface area contributed by atoms with Gasteiger partial charge in [-0.1, -0.05) is 19.3 Å². The van der Waals surface area contributed by atoms with E-state index in [2.05, 4.69) is 27.8 Å². The summed E-state index contributed by atoms with van der Waals surface area (Å²) >= 11 is 0. The number of pyridine rings is 1. The van der Waals surface area contributed by atoms with Gasteiger partial charge in [0.15, 0.2) is 0 Å². The molecule has 5 rings (SSSR count). The molecule has 1 atom stereocenters. The lowest BCUT2D eigenvalue weighted by Gasteiger charge is -2.41. The second-order valence-electron chi connectivity index (χ2n) is 9.38. The number of aromatic nitrogens is 1. The zero-order valence-electron chi connectivity index (χ0n) is 18.4. The molecule has 1 aliphatic carbocycles. The normalized spacial score (nSPS) is 22.1. The highest BCUT2D eigenvalue weighted by molar-refractivity contribution is 6.01. The number of amides is 2. The standard InChI is InChI=1S/C25H28F2N4O2/c26-20-11-18(12-21(27)24(20)19-6-7-23(32)30-25(19)33)31-13-17(14-31)29-22-10-16(8-9-28-22)15-4-2-1-3-5-15/h8-12,15,17,19H,1-7,13-14H2,(H,28,29)(H,30,32,33). The molecule has 6 nitrogen and oxygen atoms in total. The monoisotopic (exact) mass is 454 g/mol. The van der Waals surface area contributed by atoms with Crippen LogP contribution in [0.5, 0.6) is 0 Å². The van der Waals surface area contributed by atoms with Crippen molar-refractivity contribution in [3.63, 3.8) is 0 Å². The number of anilines is 2. The van der Waals surface area contributed by atoms with Crippen LogP contribution in [0.3, 0.4) is 0 Å². The maximum Gasteiger partial charge on any atom is 0.234 e. The smallest absolute Gasteiger partial charge is 0.234 e. The fraction of sp³-hybridized carbons (Fsp3) is 0.480. The van der Waals surface area contributed by atoms with Crippen LogP contribution in [0.15, 0.2) is 30.5 Å². The summed E-state index contributed by atoms with van der Waals surface area (Å²) in [6.45, 7) is 1.21. The molecule has 3 heterocycles. The topological polar surface area (TPSA) is 74.3 Å². The van der Waals surface area contributed by atoms with E-state index in [1.807, 2.05) is 11.1 Å². The molecule has 0 spiro atoms. The number of hydrogen-bond acceptors (Lipinski definition) is 5. The number of nitrogens with zero attached hydrogens (tertiary/aromatic N) is 2. The van der Waals surface area contributed by atoms with Crippen molar-refractivity contribution in [2.45, 2.75) is 62.8 Å². The molecule has 33 heavy (non-hydrogen) atoms. The van der Waals surface area contributed by atoms with Crippen LogP contribution in [-0.4, -0.2) is 35.9 Å². The van der Waals surface area contributed by atoms with Crippen LogP contribution in [0.1, 0.15) is 67.9 Å². The van der Waals surface area contributed by atoms with Gasteiger partial charge in [0.25, 0.3) is 0 Å². The molecule has 8 heteroatoms. The number of carbonyl (C=O) groups excluding carboxylic acids is 2. The SMILES string of the molecule is O=C1CCC(c2c(F)cc(N3CC(Nc4cc(C5CCCCC5)ccn4)C3)cc2F)C(=O)N1. The molecule has 3 fully saturated rings. The van der Waals surface area contributed by atoms with Crippen LogP contribution < -0.4 is 15.5 Å². The summed E-state index contributed by atoms with van der Waals surface area (Å²) in [4.78, 5) is 29.7. The Morgan fingerprint density at radius 3 is 2.42 bits per heavy atom. The first-order valence-corrected chi connectivity index (χ1v) is 11.8. The highest BCUT2D eigenvalue weighted by atomic mass is 19.1. The first-order chi connectivity index (χ1) is 16.0. The van der Waals surface area contributed by atoms with E-state index in [1.165, 1.54) is 49.8 Å². The summed E-state index contributed by atoms with van der Waals surface area (Å²) < 4.78 is 29.6. The first-order valence-electron chi connectivity index (χ1n) is 11.8. The third-order valence-electron chi connectivity index (χ3n) is 7.11. The first kappa shape index (κ1) is 21.8. The maximum absolute atomic E-state index is 14.8. The zero-order chi connectivity index (χ0) is 22.9. The summed E-state index contributed by atoms with van der Waals surface area (Å²) in [6.07, 6.45) is 8.37. The minimum atomic E-state index is -0.981. The molecule has 1 aromatic carbocycles. The lowest BCUT2D eigenvalue weighted by molar-refractivity contribution is -0.134. The number of hydrogen-bond donors (Lipinski definition) is 2. The number of imide groups is 1. The molecule has 0 bridgehead atoms. The van der Waals surface area contributed by atoms with Crippen LogP contribution in [0, 0.1) is 11.6 Å². The van der Waals surface area contributed by atoms with Crippen molar-refractivity contribution in [1.29, 1.82) is 0 Å². The van der Waals surface area contributed by atoms with Gasteiger partial charge in [0.2, 0.25) is 11.8 Å². The van der Waals surface area contributed by atoms with E-state index in [0.717, 1.165) is 5.82 Å². The summed E-state index contributed by atoms with van der Waals surface area (Å²) in [5.41, 5.74) is 1.52. The Hall–Kier alpha value is -3.03. The molecule has 0 radical (unpaired) electrons. The fourth-order valence-electron chi connectivity index (χ4n) is 5.26. The van der Waals surface area contributed by atoms with Gasteiger partial charge in [-0.25, -0.2) is 13.8 Å². The minimum Gasteiger partial charge on any atom is -0.367 e. The number of nitrogens with one attached hydrogen (secondary N) is 2. The van der Waals surface area contributed by atoms with Gasteiger partial charge in [-0.2, -0.15) is 0 Å². The van der Waals surface area contributed by atoms with Crippen molar-refractivity contribution in [3.8, 4) is 0 Å². The Kier molecular flexibility index (Phi) is 6.00. The Balaban J connectivity index is 1.22. The molecule has 1 unspecified atom stereocenters. The Morgan fingerprint density at radius 2 is 1.73 bits per heavy atom. The average Bonchev–Trinajstić information content (AvgIpc) is 2.77. The predicted octanol–water partition coefficient (Wildman–Crippen LogP) is 4.23. The van der Waals surface area contributed by atoms with Gasteiger partial charge in [0.05, 0.1) is 12.0 Å². The fourth-order valence-corrected chi connectivity index (χ4v) is 5.26. The third kappa shape index (κ3) is 4.56. The summed E-state index contributed by atoms with van der Waals surface area (Å²) in [7, 11) is 0. The molecular weight excluding hydrogens is 426 g/mol. The molecule has 2 aliphatic heterocycles. The second-order valence-corrected chi connectivity index (χ2v) is 9.38. The Bertz CT molecular complexity index is 1040. The number of carbonyl (C=O) groups is 2. The van der Waals surface area contributed by atoms with E-state index in [4.69, 9.17) is 0 Å². The van der Waals surface area contributed by atoms with E-state index >= 15 is 0 Å². The molecule has 2 N–H and O–H groups in total. The van der Waals surface area contributed by atoms with Crippen molar-refractivity contribution in [2.75, 3.05) is 23.3 Å². The summed E-state index contributed by atoms with van der Waals surface area (Å²) in [5.74, 6) is -2.09. The van der Waals surface area contributed by atoms with E-state index in [1.54, 1.807) is 0 Å². The van der Waals surface area contributed by atoms with Gasteiger partial charge < -0.3 is 10.2 Å². The van der Waals surface area contributed by atoms with Gasteiger partial charge in [0, 0.05) is 37.0 Å². The highest BCUT2D eigenvalue weighted by Gasteiger charge is 2.34. The van der Waals surface area contributed by atoms with E-state index in [-0.39, 0.29) is 24.4 Å². The van der Waals surface area contributed by atoms with E-state index in [0.29, 0.717) is 24.7 Å². The minimum absolute atomic E-state index is 0.0759. The lowest BCUT2D eigenvalue weighted by Crippen LogP contribution is -2.55. The average molecular weight is 455 g/mol. The second kappa shape index (κ2) is 9.08. The van der Waals surface area contributed by atoms with Crippen molar-refractivity contribution < 1.29 is 18.4 Å². The van der Waals surface area contributed by atoms with Gasteiger partial charge in [0.1, 0.15) is 17.5 Å². The predicted molar refractivity (Wildman–Crippen MR) is 121 cm³/mol. The lowest BCUT2D eigenvalue weighted by atomic mass is 9.84. The van der Waals surface area contributed by atoms with Crippen LogP contribution in [0.2, 0.25) is 0 Å². The number of benzene rings is 1. The van der Waals surface area contributed by atoms with Crippen LogP contribution >= 0.6 is 0 Å². The Labute approximate surface area is 191 Å². The quantitative estimate of drug-likeness (QED) is 0.662. The molecule has 2 saturated heterocycles. The van der Waals surface area contributed by atoms with Gasteiger partial charge in [-0.3, -0.25) is 14.9 Å². The van der Waals surface area contributed by atoms with Crippen molar-refractivity contribution in [3.05, 3.63) is 53.2 Å². The molecule has 3 aliphatic rings. The highest BCUT2D eigenvalue weighted by Crippen LogP contribution is 2.35. The van der Waals surface area contributed by atoms with Gasteiger partial charge in [-0.15, -0.1) is 0 Å². The summed E-state index contributed by atoms with van der Waals surface area (Å²) in [5, 5.41) is 5.59. The van der Waals surface area contributed by atoms with Crippen LogP contribution in [0.25, 0.3) is 0 Å². The summed E-state index contributed by atoms with van der Waals surface area (Å²) in [6, 6.07) is 6.93. The van der Waals surface area contributed by atoms with Crippen molar-refractivity contribution >= 4 is 23.3 Å². The van der Waals surface area contributed by atoms with Crippen molar-refractivity contribution in [2.24, 2.45) is 0 Å². The van der Waals surface area contributed by atoms with Crippen LogP contribution in [-0.2, 0) is 9.59 Å².